The van der Waals surface area contributed by atoms with Crippen molar-refractivity contribution < 1.29 is 13.6 Å². The van der Waals surface area contributed by atoms with Crippen molar-refractivity contribution >= 4 is 5.91 Å². The minimum Gasteiger partial charge on any atom is -0.343 e. The Morgan fingerprint density at radius 1 is 1.23 bits per heavy atom. The zero-order valence-corrected chi connectivity index (χ0v) is 14.6. The van der Waals surface area contributed by atoms with Crippen molar-refractivity contribution in [2.24, 2.45) is 0 Å². The third-order valence-electron chi connectivity index (χ3n) is 4.76. The number of hydrogen-bond acceptors (Lipinski definition) is 3. The number of nitrogens with one attached hydrogen (secondary N) is 1. The highest BCUT2D eigenvalue weighted by atomic mass is 19.2. The first-order chi connectivity index (χ1) is 12.4. The Morgan fingerprint density at radius 2 is 1.96 bits per heavy atom. The standard InChI is InChI=1S/C19H21F2N3O2/c1-12-22-17(11-18(25)23-12)14-6-8-24(9-7-14)19(26)5-3-13-2-4-15(20)16(21)10-13/h2,4,10-11,14H,3,5-9H2,1H3,(H,22,23,25). The number of likely N-dealkylation sites (tertiary alicyclic amines) is 1. The molecule has 1 fully saturated rings. The molecule has 3 rings (SSSR count). The highest BCUT2D eigenvalue weighted by Crippen LogP contribution is 2.26. The molecule has 1 aromatic heterocycles. The average molecular weight is 361 g/mol. The van der Waals surface area contributed by atoms with Crippen LogP contribution in [0, 0.1) is 18.6 Å². The summed E-state index contributed by atoms with van der Waals surface area (Å²) in [6.07, 6.45) is 2.16. The second-order valence-corrected chi connectivity index (χ2v) is 6.66. The third kappa shape index (κ3) is 4.33. The summed E-state index contributed by atoms with van der Waals surface area (Å²) in [6.45, 7) is 2.96. The van der Waals surface area contributed by atoms with E-state index in [1.807, 2.05) is 0 Å². The lowest BCUT2D eigenvalue weighted by Crippen LogP contribution is -2.38. The maximum Gasteiger partial charge on any atom is 0.251 e. The largest absolute Gasteiger partial charge is 0.343 e. The van der Waals surface area contributed by atoms with Crippen molar-refractivity contribution in [3.05, 3.63) is 63.3 Å². The van der Waals surface area contributed by atoms with Crippen molar-refractivity contribution in [2.45, 2.75) is 38.5 Å². The SMILES string of the molecule is Cc1nc(C2CCN(C(=O)CCc3ccc(F)c(F)c3)CC2)cc(=O)[nH]1. The number of rotatable bonds is 4. The number of halogens is 2. The van der Waals surface area contributed by atoms with E-state index in [-0.39, 0.29) is 23.8 Å². The summed E-state index contributed by atoms with van der Waals surface area (Å²) in [5.41, 5.74) is 1.23. The predicted octanol–water partition coefficient (Wildman–Crippen LogP) is 2.70. The predicted molar refractivity (Wildman–Crippen MR) is 92.8 cm³/mol. The summed E-state index contributed by atoms with van der Waals surface area (Å²) in [4.78, 5) is 32.8. The van der Waals surface area contributed by atoms with Crippen molar-refractivity contribution in [2.75, 3.05) is 13.1 Å². The van der Waals surface area contributed by atoms with E-state index in [0.717, 1.165) is 30.7 Å². The summed E-state index contributed by atoms with van der Waals surface area (Å²) in [5, 5.41) is 0. The molecule has 138 valence electrons. The number of piperidine rings is 1. The van der Waals surface area contributed by atoms with Gasteiger partial charge in [-0.3, -0.25) is 9.59 Å². The quantitative estimate of drug-likeness (QED) is 0.911. The number of benzene rings is 1. The van der Waals surface area contributed by atoms with Gasteiger partial charge < -0.3 is 9.88 Å². The molecule has 1 saturated heterocycles. The third-order valence-corrected chi connectivity index (χ3v) is 4.76. The van der Waals surface area contributed by atoms with Crippen LogP contribution in [-0.4, -0.2) is 33.9 Å². The van der Waals surface area contributed by atoms with Crippen molar-refractivity contribution in [1.29, 1.82) is 0 Å². The first-order valence-electron chi connectivity index (χ1n) is 8.72. The van der Waals surface area contributed by atoms with Crippen LogP contribution in [0.3, 0.4) is 0 Å². The summed E-state index contributed by atoms with van der Waals surface area (Å²) in [7, 11) is 0. The summed E-state index contributed by atoms with van der Waals surface area (Å²) < 4.78 is 26.2. The highest BCUT2D eigenvalue weighted by Gasteiger charge is 2.24. The first-order valence-corrected chi connectivity index (χ1v) is 8.72. The molecule has 0 saturated carbocycles. The fourth-order valence-electron chi connectivity index (χ4n) is 3.34. The fourth-order valence-corrected chi connectivity index (χ4v) is 3.34. The van der Waals surface area contributed by atoms with Gasteiger partial charge in [0.25, 0.3) is 5.56 Å². The molecule has 5 nitrogen and oxygen atoms in total. The summed E-state index contributed by atoms with van der Waals surface area (Å²) in [6, 6.07) is 5.24. The molecule has 1 aliphatic rings. The van der Waals surface area contributed by atoms with Crippen LogP contribution in [0.4, 0.5) is 8.78 Å². The first kappa shape index (κ1) is 18.2. The molecule has 0 atom stereocenters. The number of H-pyrrole nitrogens is 1. The topological polar surface area (TPSA) is 66.1 Å². The summed E-state index contributed by atoms with van der Waals surface area (Å²) >= 11 is 0. The Hall–Kier alpha value is -2.57. The van der Waals surface area contributed by atoms with Gasteiger partial charge in [-0.15, -0.1) is 0 Å². The zero-order chi connectivity index (χ0) is 18.7. The lowest BCUT2D eigenvalue weighted by molar-refractivity contribution is -0.132. The van der Waals surface area contributed by atoms with E-state index in [9.17, 15) is 18.4 Å². The number of aromatic amines is 1. The minimum absolute atomic E-state index is 0.00299. The van der Waals surface area contributed by atoms with Crippen LogP contribution >= 0.6 is 0 Å². The van der Waals surface area contributed by atoms with Gasteiger partial charge in [-0.25, -0.2) is 13.8 Å². The van der Waals surface area contributed by atoms with Crippen LogP contribution in [0.2, 0.25) is 0 Å². The molecule has 7 heteroatoms. The van der Waals surface area contributed by atoms with Crippen LogP contribution in [0.1, 0.15) is 42.3 Å². The van der Waals surface area contributed by atoms with E-state index in [1.165, 1.54) is 12.1 Å². The van der Waals surface area contributed by atoms with Gasteiger partial charge in [0, 0.05) is 31.5 Å². The van der Waals surface area contributed by atoms with Crippen LogP contribution in [-0.2, 0) is 11.2 Å². The van der Waals surface area contributed by atoms with Gasteiger partial charge >= 0.3 is 0 Å². The van der Waals surface area contributed by atoms with Gasteiger partial charge in [0.2, 0.25) is 5.91 Å². The number of amides is 1. The van der Waals surface area contributed by atoms with Crippen molar-refractivity contribution in [3.63, 3.8) is 0 Å². The van der Waals surface area contributed by atoms with Crippen LogP contribution < -0.4 is 5.56 Å². The van der Waals surface area contributed by atoms with Crippen LogP contribution in [0.5, 0.6) is 0 Å². The minimum atomic E-state index is -0.892. The van der Waals surface area contributed by atoms with Gasteiger partial charge in [0.05, 0.1) is 5.69 Å². The van der Waals surface area contributed by atoms with E-state index in [0.29, 0.717) is 30.9 Å². The molecule has 26 heavy (non-hydrogen) atoms. The van der Waals surface area contributed by atoms with Crippen molar-refractivity contribution in [3.8, 4) is 0 Å². The molecular weight excluding hydrogens is 340 g/mol. The molecule has 0 unspecified atom stereocenters. The Balaban J connectivity index is 1.53. The van der Waals surface area contributed by atoms with E-state index in [4.69, 9.17) is 0 Å². The normalized spacial score (nSPS) is 15.3. The molecule has 1 aliphatic heterocycles. The van der Waals surface area contributed by atoms with Gasteiger partial charge in [-0.05, 0) is 43.9 Å². The summed E-state index contributed by atoms with van der Waals surface area (Å²) in [5.74, 6) is -1.01. The lowest BCUT2D eigenvalue weighted by atomic mass is 9.93. The number of carbonyl (C=O) groups is 1. The number of nitrogens with zero attached hydrogens (tertiary/aromatic N) is 2. The van der Waals surface area contributed by atoms with E-state index < -0.39 is 11.6 Å². The molecule has 1 N–H and O–H groups in total. The fraction of sp³-hybridized carbons (Fsp3) is 0.421. The second kappa shape index (κ2) is 7.76. The molecular formula is C19H21F2N3O2. The average Bonchev–Trinajstić information content (AvgIpc) is 2.62. The van der Waals surface area contributed by atoms with E-state index in [1.54, 1.807) is 11.8 Å². The van der Waals surface area contributed by atoms with Gasteiger partial charge in [-0.1, -0.05) is 6.07 Å². The second-order valence-electron chi connectivity index (χ2n) is 6.66. The Bertz CT molecular complexity index is 858. The van der Waals surface area contributed by atoms with E-state index >= 15 is 0 Å². The molecule has 0 spiro atoms. The molecule has 0 radical (unpaired) electrons. The maximum atomic E-state index is 13.2. The maximum absolute atomic E-state index is 13.2. The Kier molecular flexibility index (Phi) is 5.44. The number of aryl methyl sites for hydroxylation is 2. The Morgan fingerprint density at radius 3 is 2.62 bits per heavy atom. The Labute approximate surface area is 150 Å². The monoisotopic (exact) mass is 361 g/mol. The van der Waals surface area contributed by atoms with E-state index in [2.05, 4.69) is 9.97 Å². The molecule has 0 bridgehead atoms. The van der Waals surface area contributed by atoms with Crippen molar-refractivity contribution in [1.82, 2.24) is 14.9 Å². The van der Waals surface area contributed by atoms with Crippen LogP contribution in [0.25, 0.3) is 0 Å². The molecule has 1 aromatic carbocycles. The van der Waals surface area contributed by atoms with Gasteiger partial charge in [-0.2, -0.15) is 0 Å². The number of aromatic nitrogens is 2. The molecule has 0 aliphatic carbocycles. The van der Waals surface area contributed by atoms with Gasteiger partial charge in [0.15, 0.2) is 11.6 Å². The smallest absolute Gasteiger partial charge is 0.251 e. The molecule has 2 aromatic rings. The number of hydrogen-bond donors (Lipinski definition) is 1. The lowest BCUT2D eigenvalue weighted by Gasteiger charge is -2.31. The number of carbonyl (C=O) groups excluding carboxylic acids is 1. The highest BCUT2D eigenvalue weighted by molar-refractivity contribution is 5.76. The molecule has 1 amide bonds. The molecule has 2 heterocycles. The van der Waals surface area contributed by atoms with Crippen LogP contribution in [0.15, 0.2) is 29.1 Å². The van der Waals surface area contributed by atoms with Gasteiger partial charge in [0.1, 0.15) is 5.82 Å². The zero-order valence-electron chi connectivity index (χ0n) is 14.6.